The quantitative estimate of drug-likeness (QED) is 0.868. The lowest BCUT2D eigenvalue weighted by Crippen LogP contribution is -2.22. The first kappa shape index (κ1) is 15.4. The number of rotatable bonds is 5. The van der Waals surface area contributed by atoms with Gasteiger partial charge in [0.2, 0.25) is 0 Å². The Hall–Kier alpha value is -2.00. The molecule has 0 heterocycles. The molecule has 0 saturated carbocycles. The average Bonchev–Trinajstić information content (AvgIpc) is 2.49. The molecule has 2 aromatic rings. The molecule has 0 radical (unpaired) electrons. The van der Waals surface area contributed by atoms with E-state index in [2.05, 4.69) is 31.3 Å². The Morgan fingerprint density at radius 3 is 2.29 bits per heavy atom. The Morgan fingerprint density at radius 2 is 1.67 bits per heavy atom. The zero-order valence-electron chi connectivity index (χ0n) is 13.1. The molecular formula is C18H23NO2. The van der Waals surface area contributed by atoms with Crippen LogP contribution in [0, 0.1) is 6.92 Å². The summed E-state index contributed by atoms with van der Waals surface area (Å²) < 4.78 is 5.17. The summed E-state index contributed by atoms with van der Waals surface area (Å²) in [6.45, 7) is 6.21. The summed E-state index contributed by atoms with van der Waals surface area (Å²) in [6.07, 6.45) is 0. The van der Waals surface area contributed by atoms with Crippen molar-refractivity contribution >= 4 is 0 Å². The summed E-state index contributed by atoms with van der Waals surface area (Å²) in [5, 5.41) is 13.5. The van der Waals surface area contributed by atoms with Gasteiger partial charge in [0.1, 0.15) is 11.5 Å². The molecule has 0 aliphatic carbocycles. The number of methoxy groups -OCH3 is 1. The van der Waals surface area contributed by atoms with Crippen molar-refractivity contribution in [2.75, 3.05) is 7.11 Å². The Labute approximate surface area is 126 Å². The van der Waals surface area contributed by atoms with Crippen LogP contribution in [0.4, 0.5) is 0 Å². The molecule has 2 aromatic carbocycles. The van der Waals surface area contributed by atoms with Crippen molar-refractivity contribution < 1.29 is 9.84 Å². The minimum Gasteiger partial charge on any atom is -0.508 e. The van der Waals surface area contributed by atoms with Crippen molar-refractivity contribution in [1.82, 2.24) is 5.32 Å². The van der Waals surface area contributed by atoms with Gasteiger partial charge in [-0.1, -0.05) is 29.8 Å². The second kappa shape index (κ2) is 6.64. The molecule has 3 nitrogen and oxygen atoms in total. The van der Waals surface area contributed by atoms with Crippen LogP contribution in [-0.2, 0) is 0 Å². The van der Waals surface area contributed by atoms with E-state index >= 15 is 0 Å². The van der Waals surface area contributed by atoms with Gasteiger partial charge in [0, 0.05) is 17.6 Å². The molecule has 2 N–H and O–H groups in total. The lowest BCUT2D eigenvalue weighted by Gasteiger charge is -2.22. The summed E-state index contributed by atoms with van der Waals surface area (Å²) in [4.78, 5) is 0. The minimum atomic E-state index is 0.0713. The fraction of sp³-hybridized carbons (Fsp3) is 0.333. The van der Waals surface area contributed by atoms with E-state index in [-0.39, 0.29) is 12.1 Å². The number of phenolic OH excluding ortho intramolecular Hbond substituents is 1. The van der Waals surface area contributed by atoms with Crippen molar-refractivity contribution in [1.29, 1.82) is 0 Å². The molecule has 0 fully saturated rings. The summed E-state index contributed by atoms with van der Waals surface area (Å²) in [5.41, 5.74) is 3.26. The van der Waals surface area contributed by atoms with Crippen LogP contribution in [0.25, 0.3) is 0 Å². The highest BCUT2D eigenvalue weighted by atomic mass is 16.5. The molecule has 1 unspecified atom stereocenters. The summed E-state index contributed by atoms with van der Waals surface area (Å²) in [6, 6.07) is 14.0. The first-order valence-corrected chi connectivity index (χ1v) is 7.20. The standard InChI is InChI=1S/C18H23NO2/c1-12-5-10-18(20)17(11-12)14(3)19-13(2)15-6-8-16(21-4)9-7-15/h5-11,13-14,19-20H,1-4H3/t13-,14?/m0/s1. The predicted octanol–water partition coefficient (Wildman–Crippen LogP) is 4.12. The summed E-state index contributed by atoms with van der Waals surface area (Å²) in [5.74, 6) is 1.19. The molecule has 0 bridgehead atoms. The second-order valence-electron chi connectivity index (χ2n) is 5.45. The molecule has 0 spiro atoms. The number of ether oxygens (including phenoxy) is 1. The topological polar surface area (TPSA) is 41.5 Å². The smallest absolute Gasteiger partial charge is 0.120 e. The van der Waals surface area contributed by atoms with Gasteiger partial charge in [-0.15, -0.1) is 0 Å². The van der Waals surface area contributed by atoms with E-state index in [1.807, 2.05) is 31.2 Å². The van der Waals surface area contributed by atoms with E-state index in [4.69, 9.17) is 4.74 Å². The second-order valence-corrected chi connectivity index (χ2v) is 5.45. The van der Waals surface area contributed by atoms with E-state index in [0.29, 0.717) is 5.75 Å². The van der Waals surface area contributed by atoms with Gasteiger partial charge < -0.3 is 15.2 Å². The number of hydrogen-bond acceptors (Lipinski definition) is 3. The molecule has 0 aliphatic rings. The fourth-order valence-electron chi connectivity index (χ4n) is 2.47. The SMILES string of the molecule is COc1ccc([C@H](C)NC(C)c2cc(C)ccc2O)cc1. The molecule has 0 aliphatic heterocycles. The average molecular weight is 285 g/mol. The van der Waals surface area contributed by atoms with Crippen molar-refractivity contribution in [3.8, 4) is 11.5 Å². The van der Waals surface area contributed by atoms with Crippen LogP contribution in [0.3, 0.4) is 0 Å². The van der Waals surface area contributed by atoms with Crippen LogP contribution in [0.15, 0.2) is 42.5 Å². The number of phenols is 1. The van der Waals surface area contributed by atoms with Gasteiger partial charge in [0.25, 0.3) is 0 Å². The van der Waals surface area contributed by atoms with Gasteiger partial charge in [-0.25, -0.2) is 0 Å². The number of benzene rings is 2. The van der Waals surface area contributed by atoms with Crippen LogP contribution in [0.2, 0.25) is 0 Å². The molecule has 0 saturated heterocycles. The normalized spacial score (nSPS) is 13.7. The van der Waals surface area contributed by atoms with Crippen molar-refractivity contribution in [2.24, 2.45) is 0 Å². The van der Waals surface area contributed by atoms with Crippen LogP contribution in [-0.4, -0.2) is 12.2 Å². The number of nitrogens with one attached hydrogen (secondary N) is 1. The van der Waals surface area contributed by atoms with E-state index in [0.717, 1.165) is 16.9 Å². The molecular weight excluding hydrogens is 262 g/mol. The van der Waals surface area contributed by atoms with Crippen LogP contribution < -0.4 is 10.1 Å². The number of aromatic hydroxyl groups is 1. The van der Waals surface area contributed by atoms with Gasteiger partial charge in [-0.05, 0) is 44.5 Å². The third-order valence-corrected chi connectivity index (χ3v) is 3.77. The molecule has 2 rings (SSSR count). The maximum Gasteiger partial charge on any atom is 0.120 e. The predicted molar refractivity (Wildman–Crippen MR) is 85.8 cm³/mol. The number of aryl methyl sites for hydroxylation is 1. The Balaban J connectivity index is 2.10. The fourth-order valence-corrected chi connectivity index (χ4v) is 2.47. The van der Waals surface area contributed by atoms with Crippen molar-refractivity contribution in [2.45, 2.75) is 32.9 Å². The van der Waals surface area contributed by atoms with E-state index in [1.165, 1.54) is 5.56 Å². The monoisotopic (exact) mass is 285 g/mol. The first-order chi connectivity index (χ1) is 10.0. The Kier molecular flexibility index (Phi) is 4.86. The summed E-state index contributed by atoms with van der Waals surface area (Å²) in [7, 11) is 1.67. The van der Waals surface area contributed by atoms with Crippen molar-refractivity contribution in [3.63, 3.8) is 0 Å². The van der Waals surface area contributed by atoms with E-state index < -0.39 is 0 Å². The third-order valence-electron chi connectivity index (χ3n) is 3.77. The van der Waals surface area contributed by atoms with Crippen LogP contribution in [0.5, 0.6) is 11.5 Å². The highest BCUT2D eigenvalue weighted by Crippen LogP contribution is 2.27. The first-order valence-electron chi connectivity index (χ1n) is 7.20. The molecule has 21 heavy (non-hydrogen) atoms. The van der Waals surface area contributed by atoms with E-state index in [9.17, 15) is 5.11 Å². The molecule has 3 heteroatoms. The lowest BCUT2D eigenvalue weighted by molar-refractivity contribution is 0.414. The minimum absolute atomic E-state index is 0.0713. The number of hydrogen-bond donors (Lipinski definition) is 2. The zero-order chi connectivity index (χ0) is 15.4. The largest absolute Gasteiger partial charge is 0.508 e. The molecule has 112 valence electrons. The Morgan fingerprint density at radius 1 is 1.00 bits per heavy atom. The van der Waals surface area contributed by atoms with Crippen molar-refractivity contribution in [3.05, 3.63) is 59.2 Å². The van der Waals surface area contributed by atoms with Gasteiger partial charge >= 0.3 is 0 Å². The third kappa shape index (κ3) is 3.76. The molecule has 0 aromatic heterocycles. The van der Waals surface area contributed by atoms with E-state index in [1.54, 1.807) is 13.2 Å². The molecule has 2 atom stereocenters. The summed E-state index contributed by atoms with van der Waals surface area (Å²) >= 11 is 0. The Bertz CT molecular complexity index is 593. The molecule has 0 amide bonds. The lowest BCUT2D eigenvalue weighted by atomic mass is 10.0. The van der Waals surface area contributed by atoms with Gasteiger partial charge in [-0.3, -0.25) is 0 Å². The maximum atomic E-state index is 10.0. The van der Waals surface area contributed by atoms with Gasteiger partial charge in [0.15, 0.2) is 0 Å². The van der Waals surface area contributed by atoms with Crippen LogP contribution >= 0.6 is 0 Å². The van der Waals surface area contributed by atoms with Crippen LogP contribution in [0.1, 0.15) is 42.6 Å². The van der Waals surface area contributed by atoms with Gasteiger partial charge in [-0.2, -0.15) is 0 Å². The van der Waals surface area contributed by atoms with Gasteiger partial charge in [0.05, 0.1) is 7.11 Å². The zero-order valence-corrected chi connectivity index (χ0v) is 13.1. The maximum absolute atomic E-state index is 10.0. The highest BCUT2D eigenvalue weighted by molar-refractivity contribution is 5.38. The highest BCUT2D eigenvalue weighted by Gasteiger charge is 2.14.